The van der Waals surface area contributed by atoms with E-state index in [4.69, 9.17) is 15.2 Å². The summed E-state index contributed by atoms with van der Waals surface area (Å²) >= 11 is 0. The standard InChI is InChI=1S/C16H19N3O3/c17-12-1-2-14-13(9-12)18-10-19(14)15(20)11-3-5-16(6-4-11)21-7-8-22-16/h1-2,9-11H,3-8,17H2. The molecule has 1 saturated heterocycles. The fraction of sp³-hybridized carbons (Fsp3) is 0.500. The van der Waals surface area contributed by atoms with E-state index in [-0.39, 0.29) is 11.8 Å². The topological polar surface area (TPSA) is 79.4 Å². The minimum Gasteiger partial charge on any atom is -0.399 e. The summed E-state index contributed by atoms with van der Waals surface area (Å²) in [6.45, 7) is 1.32. The molecule has 6 heteroatoms. The Balaban J connectivity index is 1.54. The minimum atomic E-state index is -0.428. The van der Waals surface area contributed by atoms with E-state index in [1.54, 1.807) is 23.0 Å². The van der Waals surface area contributed by atoms with Crippen LogP contribution < -0.4 is 5.73 Å². The van der Waals surface area contributed by atoms with Crippen molar-refractivity contribution < 1.29 is 14.3 Å². The summed E-state index contributed by atoms with van der Waals surface area (Å²) in [5.74, 6) is -0.337. The maximum Gasteiger partial charge on any atom is 0.235 e. The normalized spacial score (nSPS) is 21.6. The van der Waals surface area contributed by atoms with Crippen LogP contribution in [0.25, 0.3) is 11.0 Å². The van der Waals surface area contributed by atoms with Gasteiger partial charge in [-0.2, -0.15) is 0 Å². The van der Waals surface area contributed by atoms with E-state index in [1.165, 1.54) is 0 Å². The van der Waals surface area contributed by atoms with Crippen LogP contribution in [-0.4, -0.2) is 34.5 Å². The fourth-order valence-electron chi connectivity index (χ4n) is 3.49. The van der Waals surface area contributed by atoms with Gasteiger partial charge in [-0.05, 0) is 31.0 Å². The molecule has 1 saturated carbocycles. The average Bonchev–Trinajstić information content (AvgIpc) is 3.14. The minimum absolute atomic E-state index is 0.00613. The van der Waals surface area contributed by atoms with Crippen LogP contribution in [-0.2, 0) is 9.47 Å². The van der Waals surface area contributed by atoms with E-state index in [0.29, 0.717) is 18.9 Å². The molecule has 0 unspecified atom stereocenters. The van der Waals surface area contributed by atoms with Gasteiger partial charge in [0.15, 0.2) is 5.79 Å². The molecule has 1 aromatic carbocycles. The Bertz CT molecular complexity index is 708. The van der Waals surface area contributed by atoms with Crippen molar-refractivity contribution >= 4 is 22.6 Å². The largest absolute Gasteiger partial charge is 0.399 e. The highest BCUT2D eigenvalue weighted by molar-refractivity contribution is 5.92. The van der Waals surface area contributed by atoms with Crippen molar-refractivity contribution in [1.82, 2.24) is 9.55 Å². The molecule has 2 fully saturated rings. The number of hydrogen-bond donors (Lipinski definition) is 1. The number of rotatable bonds is 1. The Morgan fingerprint density at radius 1 is 1.27 bits per heavy atom. The van der Waals surface area contributed by atoms with Crippen LogP contribution in [0.1, 0.15) is 30.5 Å². The van der Waals surface area contributed by atoms with Gasteiger partial charge < -0.3 is 15.2 Å². The number of benzene rings is 1. The monoisotopic (exact) mass is 301 g/mol. The maximum atomic E-state index is 12.8. The second kappa shape index (κ2) is 5.07. The third kappa shape index (κ3) is 2.19. The number of ether oxygens (including phenoxy) is 2. The molecule has 1 aliphatic heterocycles. The van der Waals surface area contributed by atoms with E-state index >= 15 is 0 Å². The summed E-state index contributed by atoms with van der Waals surface area (Å²) in [6.07, 6.45) is 4.73. The lowest BCUT2D eigenvalue weighted by Crippen LogP contribution is -2.38. The molecule has 0 amide bonds. The van der Waals surface area contributed by atoms with E-state index < -0.39 is 5.79 Å². The number of imidazole rings is 1. The number of carbonyl (C=O) groups is 1. The second-order valence-corrected chi connectivity index (χ2v) is 6.08. The molecule has 2 heterocycles. The third-order valence-electron chi connectivity index (χ3n) is 4.72. The van der Waals surface area contributed by atoms with Crippen molar-refractivity contribution in [2.24, 2.45) is 5.92 Å². The van der Waals surface area contributed by atoms with Crippen molar-refractivity contribution in [2.75, 3.05) is 18.9 Å². The highest BCUT2D eigenvalue weighted by Crippen LogP contribution is 2.39. The van der Waals surface area contributed by atoms with Crippen LogP contribution in [0.4, 0.5) is 5.69 Å². The quantitative estimate of drug-likeness (QED) is 0.817. The van der Waals surface area contributed by atoms with Gasteiger partial charge in [0.25, 0.3) is 0 Å². The van der Waals surface area contributed by atoms with Gasteiger partial charge in [0.05, 0.1) is 24.2 Å². The van der Waals surface area contributed by atoms with Crippen molar-refractivity contribution in [1.29, 1.82) is 0 Å². The molecular weight excluding hydrogens is 282 g/mol. The maximum absolute atomic E-state index is 12.8. The molecule has 6 nitrogen and oxygen atoms in total. The van der Waals surface area contributed by atoms with Crippen LogP contribution in [0.2, 0.25) is 0 Å². The summed E-state index contributed by atoms with van der Waals surface area (Å²) in [6, 6.07) is 5.43. The molecule has 4 rings (SSSR count). The lowest BCUT2D eigenvalue weighted by atomic mass is 9.84. The first-order valence-electron chi connectivity index (χ1n) is 7.72. The predicted molar refractivity (Wildman–Crippen MR) is 81.4 cm³/mol. The fourth-order valence-corrected chi connectivity index (χ4v) is 3.49. The number of carbonyl (C=O) groups excluding carboxylic acids is 1. The number of anilines is 1. The predicted octanol–water partition coefficient (Wildman–Crippen LogP) is 2.19. The Hall–Kier alpha value is -1.92. The van der Waals surface area contributed by atoms with Gasteiger partial charge in [0, 0.05) is 24.4 Å². The van der Waals surface area contributed by atoms with Gasteiger partial charge in [-0.25, -0.2) is 4.98 Å². The SMILES string of the molecule is Nc1ccc2c(c1)ncn2C(=O)C1CCC2(CC1)OCCO2. The smallest absolute Gasteiger partial charge is 0.235 e. The molecule has 22 heavy (non-hydrogen) atoms. The molecule has 2 N–H and O–H groups in total. The summed E-state index contributed by atoms with van der Waals surface area (Å²) in [5.41, 5.74) is 7.98. The zero-order valence-corrected chi connectivity index (χ0v) is 12.3. The van der Waals surface area contributed by atoms with Crippen LogP contribution in [0.5, 0.6) is 0 Å². The molecule has 2 aromatic rings. The number of nitrogen functional groups attached to an aromatic ring is 1. The average molecular weight is 301 g/mol. The molecule has 1 aliphatic carbocycles. The number of aromatic nitrogens is 2. The number of nitrogens with two attached hydrogens (primary N) is 1. The van der Waals surface area contributed by atoms with E-state index in [9.17, 15) is 4.79 Å². The number of hydrogen-bond acceptors (Lipinski definition) is 5. The lowest BCUT2D eigenvalue weighted by Gasteiger charge is -2.34. The zero-order chi connectivity index (χ0) is 15.2. The Kier molecular flexibility index (Phi) is 3.16. The summed E-state index contributed by atoms with van der Waals surface area (Å²) in [7, 11) is 0. The van der Waals surface area contributed by atoms with Crippen molar-refractivity contribution in [3.8, 4) is 0 Å². The molecular formula is C16H19N3O3. The first-order chi connectivity index (χ1) is 10.7. The van der Waals surface area contributed by atoms with E-state index in [2.05, 4.69) is 4.98 Å². The second-order valence-electron chi connectivity index (χ2n) is 6.08. The van der Waals surface area contributed by atoms with Crippen LogP contribution >= 0.6 is 0 Å². The Labute approximate surface area is 128 Å². The van der Waals surface area contributed by atoms with Crippen molar-refractivity contribution in [3.63, 3.8) is 0 Å². The molecule has 2 aliphatic rings. The lowest BCUT2D eigenvalue weighted by molar-refractivity contribution is -0.180. The van der Waals surface area contributed by atoms with Gasteiger partial charge in [0.2, 0.25) is 5.91 Å². The third-order valence-corrected chi connectivity index (χ3v) is 4.72. The van der Waals surface area contributed by atoms with Crippen LogP contribution in [0.15, 0.2) is 24.5 Å². The highest BCUT2D eigenvalue weighted by Gasteiger charge is 2.42. The number of fused-ring (bicyclic) bond motifs is 1. The van der Waals surface area contributed by atoms with Gasteiger partial charge in [-0.1, -0.05) is 0 Å². The molecule has 0 atom stereocenters. The molecule has 0 radical (unpaired) electrons. The van der Waals surface area contributed by atoms with Crippen molar-refractivity contribution in [2.45, 2.75) is 31.5 Å². The van der Waals surface area contributed by atoms with E-state index in [0.717, 1.165) is 36.7 Å². The first kappa shape index (κ1) is 13.7. The Morgan fingerprint density at radius 2 is 2.00 bits per heavy atom. The molecule has 1 spiro atoms. The summed E-state index contributed by atoms with van der Waals surface area (Å²) < 4.78 is 13.1. The summed E-state index contributed by atoms with van der Waals surface area (Å²) in [5, 5.41) is 0. The van der Waals surface area contributed by atoms with Crippen LogP contribution in [0, 0.1) is 5.92 Å². The molecule has 116 valence electrons. The highest BCUT2D eigenvalue weighted by atomic mass is 16.7. The number of nitrogens with zero attached hydrogens (tertiary/aromatic N) is 2. The van der Waals surface area contributed by atoms with Gasteiger partial charge in [0.1, 0.15) is 6.33 Å². The Morgan fingerprint density at radius 3 is 2.73 bits per heavy atom. The zero-order valence-electron chi connectivity index (χ0n) is 12.3. The van der Waals surface area contributed by atoms with Gasteiger partial charge >= 0.3 is 0 Å². The molecule has 0 bridgehead atoms. The van der Waals surface area contributed by atoms with Gasteiger partial charge in [-0.3, -0.25) is 9.36 Å². The van der Waals surface area contributed by atoms with Crippen LogP contribution in [0.3, 0.4) is 0 Å². The van der Waals surface area contributed by atoms with E-state index in [1.807, 2.05) is 6.07 Å². The van der Waals surface area contributed by atoms with Crippen molar-refractivity contribution in [3.05, 3.63) is 24.5 Å². The first-order valence-corrected chi connectivity index (χ1v) is 7.72. The summed E-state index contributed by atoms with van der Waals surface area (Å²) in [4.78, 5) is 17.1. The van der Waals surface area contributed by atoms with Gasteiger partial charge in [-0.15, -0.1) is 0 Å². The molecule has 1 aromatic heterocycles.